The minimum Gasteiger partial charge on any atom is -0.350 e. The Morgan fingerprint density at radius 3 is 2.72 bits per heavy atom. The van der Waals surface area contributed by atoms with Crippen molar-refractivity contribution in [2.45, 2.75) is 32.2 Å². The van der Waals surface area contributed by atoms with Crippen molar-refractivity contribution in [2.75, 3.05) is 13.1 Å². The van der Waals surface area contributed by atoms with Crippen LogP contribution in [0.5, 0.6) is 0 Å². The van der Waals surface area contributed by atoms with Gasteiger partial charge in [0.15, 0.2) is 0 Å². The van der Waals surface area contributed by atoms with Gasteiger partial charge >= 0.3 is 0 Å². The van der Waals surface area contributed by atoms with Gasteiger partial charge in [0.1, 0.15) is 17.1 Å². The normalized spacial score (nSPS) is 19.8. The van der Waals surface area contributed by atoms with Crippen molar-refractivity contribution in [3.05, 3.63) is 82.9 Å². The second kappa shape index (κ2) is 9.87. The molecule has 1 amide bonds. The number of carbonyl (C=O) groups excluding carboxylic acids is 2. The Morgan fingerprint density at radius 2 is 1.94 bits per heavy atom. The number of rotatable bonds is 6. The summed E-state index contributed by atoms with van der Waals surface area (Å²) in [5, 5.41) is 8.10. The first-order valence-electron chi connectivity index (χ1n) is 12.0. The highest BCUT2D eigenvalue weighted by molar-refractivity contribution is 7.15. The number of Topliss-reactive ketones (excluding diaryl/α,β-unsaturated/α-hetero) is 1. The largest absolute Gasteiger partial charge is 0.350 e. The van der Waals surface area contributed by atoms with Gasteiger partial charge in [0.05, 0.1) is 21.0 Å². The average molecular weight is 503 g/mol. The molecule has 2 aromatic heterocycles. The third-order valence-electron chi connectivity index (χ3n) is 6.96. The SMILES string of the molecule is Cc1nc(C(=O)[C@]2(CNC(=O)c3cccc4cccnc34)NCCC[C@H]2C)c(-c2ccc(F)cc2)s1. The lowest BCUT2D eigenvalue weighted by molar-refractivity contribution is 0.0700. The summed E-state index contributed by atoms with van der Waals surface area (Å²) in [7, 11) is 0. The number of hydrogen-bond donors (Lipinski definition) is 2. The number of ketones is 1. The van der Waals surface area contributed by atoms with Crippen LogP contribution < -0.4 is 10.6 Å². The number of aromatic nitrogens is 2. The standard InChI is InChI=1S/C28H27FN4O2S/c1-17-6-4-15-32-28(17,16-31-27(35)22-9-3-7-19-8-5-14-30-23(19)22)26(34)24-25(36-18(2)33-24)20-10-12-21(29)13-11-20/h3,5,7-14,17,32H,4,6,15-16H2,1-2H3,(H,31,35)/t17-,28-/m1/s1. The predicted octanol–water partition coefficient (Wildman–Crippen LogP) is 5.18. The molecule has 36 heavy (non-hydrogen) atoms. The molecule has 0 spiro atoms. The van der Waals surface area contributed by atoms with Gasteiger partial charge in [-0.2, -0.15) is 0 Å². The highest BCUT2D eigenvalue weighted by Gasteiger charge is 2.47. The maximum Gasteiger partial charge on any atom is 0.253 e. The van der Waals surface area contributed by atoms with Crippen molar-refractivity contribution in [1.29, 1.82) is 0 Å². The summed E-state index contributed by atoms with van der Waals surface area (Å²) in [5.74, 6) is -0.806. The Morgan fingerprint density at radius 1 is 1.17 bits per heavy atom. The molecule has 0 bridgehead atoms. The van der Waals surface area contributed by atoms with Gasteiger partial charge in [0, 0.05) is 18.1 Å². The molecule has 1 aliphatic heterocycles. The Balaban J connectivity index is 1.48. The summed E-state index contributed by atoms with van der Waals surface area (Å²) in [4.78, 5) is 37.2. The lowest BCUT2D eigenvalue weighted by atomic mass is 9.74. The van der Waals surface area contributed by atoms with Gasteiger partial charge < -0.3 is 10.6 Å². The van der Waals surface area contributed by atoms with Gasteiger partial charge in [0.2, 0.25) is 5.78 Å². The first-order chi connectivity index (χ1) is 17.4. The van der Waals surface area contributed by atoms with Crippen molar-refractivity contribution in [2.24, 2.45) is 5.92 Å². The van der Waals surface area contributed by atoms with Crippen molar-refractivity contribution in [1.82, 2.24) is 20.6 Å². The molecule has 0 radical (unpaired) electrons. The number of nitrogens with one attached hydrogen (secondary N) is 2. The van der Waals surface area contributed by atoms with Crippen molar-refractivity contribution in [3.63, 3.8) is 0 Å². The Labute approximate surface area is 213 Å². The molecule has 2 N–H and O–H groups in total. The van der Waals surface area contributed by atoms with E-state index in [0.29, 0.717) is 28.2 Å². The summed E-state index contributed by atoms with van der Waals surface area (Å²) in [6, 6.07) is 15.3. The smallest absolute Gasteiger partial charge is 0.253 e. The summed E-state index contributed by atoms with van der Waals surface area (Å²) in [5.41, 5.74) is 1.18. The van der Waals surface area contributed by atoms with E-state index in [1.165, 1.54) is 23.5 Å². The molecule has 1 aliphatic rings. The number of pyridine rings is 1. The molecule has 3 heterocycles. The van der Waals surface area contributed by atoms with Crippen LogP contribution in [0.25, 0.3) is 21.3 Å². The number of thiazole rings is 1. The molecular weight excluding hydrogens is 475 g/mol. The Bertz CT molecular complexity index is 1430. The zero-order valence-electron chi connectivity index (χ0n) is 20.2. The van der Waals surface area contributed by atoms with Crippen molar-refractivity contribution >= 4 is 33.9 Å². The molecule has 6 nitrogen and oxygen atoms in total. The lowest BCUT2D eigenvalue weighted by Gasteiger charge is -2.42. The number of para-hydroxylation sites is 1. The molecule has 5 rings (SSSR count). The van der Waals surface area contributed by atoms with E-state index in [1.54, 1.807) is 24.4 Å². The number of piperidine rings is 1. The molecule has 8 heteroatoms. The second-order valence-corrected chi connectivity index (χ2v) is 10.5. The molecular formula is C28H27FN4O2S. The zero-order chi connectivity index (χ0) is 25.3. The van der Waals surface area contributed by atoms with E-state index in [9.17, 15) is 14.0 Å². The number of aryl methyl sites for hydroxylation is 1. The fourth-order valence-electron chi connectivity index (χ4n) is 4.95. The van der Waals surface area contributed by atoms with Gasteiger partial charge in [-0.05, 0) is 62.1 Å². The number of halogens is 1. The highest BCUT2D eigenvalue weighted by atomic mass is 32.1. The quantitative estimate of drug-likeness (QED) is 0.355. The van der Waals surface area contributed by atoms with E-state index < -0.39 is 5.54 Å². The number of fused-ring (bicyclic) bond motifs is 1. The van der Waals surface area contributed by atoms with Crippen LogP contribution in [0, 0.1) is 18.7 Å². The molecule has 1 fully saturated rings. The predicted molar refractivity (Wildman–Crippen MR) is 140 cm³/mol. The van der Waals surface area contributed by atoms with Crippen LogP contribution >= 0.6 is 11.3 Å². The Kier molecular flexibility index (Phi) is 6.64. The zero-order valence-corrected chi connectivity index (χ0v) is 21.0. The minimum atomic E-state index is -1.01. The van der Waals surface area contributed by atoms with E-state index in [4.69, 9.17) is 0 Å². The molecule has 2 atom stereocenters. The molecule has 2 aromatic carbocycles. The number of hydrogen-bond acceptors (Lipinski definition) is 6. The van der Waals surface area contributed by atoms with Gasteiger partial charge in [0.25, 0.3) is 5.91 Å². The van der Waals surface area contributed by atoms with Crippen LogP contribution in [0.4, 0.5) is 4.39 Å². The fraction of sp³-hybridized carbons (Fsp3) is 0.286. The molecule has 0 unspecified atom stereocenters. The van der Waals surface area contributed by atoms with Crippen LogP contribution in [0.2, 0.25) is 0 Å². The first-order valence-corrected chi connectivity index (χ1v) is 12.9. The van der Waals surface area contributed by atoms with Crippen LogP contribution in [-0.2, 0) is 0 Å². The number of carbonyl (C=O) groups is 2. The van der Waals surface area contributed by atoms with E-state index in [-0.39, 0.29) is 30.0 Å². The van der Waals surface area contributed by atoms with Gasteiger partial charge in [-0.1, -0.05) is 37.3 Å². The minimum absolute atomic E-state index is 0.0345. The van der Waals surface area contributed by atoms with E-state index in [2.05, 4.69) is 20.6 Å². The second-order valence-electron chi connectivity index (χ2n) is 9.25. The lowest BCUT2D eigenvalue weighted by Crippen LogP contribution is -2.65. The van der Waals surface area contributed by atoms with Crippen LogP contribution in [0.15, 0.2) is 60.8 Å². The van der Waals surface area contributed by atoms with Gasteiger partial charge in [-0.3, -0.25) is 14.6 Å². The van der Waals surface area contributed by atoms with Crippen LogP contribution in [-0.4, -0.2) is 40.3 Å². The third kappa shape index (κ3) is 4.42. The summed E-state index contributed by atoms with van der Waals surface area (Å²) in [6.07, 6.45) is 3.45. The van der Waals surface area contributed by atoms with Gasteiger partial charge in [-0.25, -0.2) is 9.37 Å². The summed E-state index contributed by atoms with van der Waals surface area (Å²) >= 11 is 1.41. The van der Waals surface area contributed by atoms with E-state index >= 15 is 0 Å². The topological polar surface area (TPSA) is 84.0 Å². The van der Waals surface area contributed by atoms with E-state index in [0.717, 1.165) is 28.8 Å². The maximum absolute atomic E-state index is 14.2. The summed E-state index contributed by atoms with van der Waals surface area (Å²) < 4.78 is 13.5. The summed E-state index contributed by atoms with van der Waals surface area (Å²) in [6.45, 7) is 4.67. The molecule has 4 aromatic rings. The van der Waals surface area contributed by atoms with Crippen molar-refractivity contribution < 1.29 is 14.0 Å². The molecule has 0 aliphatic carbocycles. The highest BCUT2D eigenvalue weighted by Crippen LogP contribution is 2.36. The third-order valence-corrected chi connectivity index (χ3v) is 7.98. The fourth-order valence-corrected chi connectivity index (χ4v) is 5.87. The average Bonchev–Trinajstić information content (AvgIpc) is 3.29. The number of benzene rings is 2. The molecule has 1 saturated heterocycles. The maximum atomic E-state index is 14.2. The number of amides is 1. The van der Waals surface area contributed by atoms with Crippen LogP contribution in [0.1, 0.15) is 45.6 Å². The first kappa shape index (κ1) is 24.2. The molecule has 0 saturated carbocycles. The van der Waals surface area contributed by atoms with E-state index in [1.807, 2.05) is 38.1 Å². The number of nitrogens with zero attached hydrogens (tertiary/aromatic N) is 2. The van der Waals surface area contributed by atoms with Crippen LogP contribution in [0.3, 0.4) is 0 Å². The van der Waals surface area contributed by atoms with Gasteiger partial charge in [-0.15, -0.1) is 11.3 Å². The monoisotopic (exact) mass is 502 g/mol. The Hall–Kier alpha value is -3.49. The van der Waals surface area contributed by atoms with Crippen molar-refractivity contribution in [3.8, 4) is 10.4 Å². The molecule has 184 valence electrons.